The maximum absolute atomic E-state index is 13.2. The van der Waals surface area contributed by atoms with E-state index in [0.717, 1.165) is 18.0 Å². The van der Waals surface area contributed by atoms with E-state index in [1.807, 2.05) is 13.0 Å². The molecule has 7 nitrogen and oxygen atoms in total. The number of nitro groups is 1. The lowest BCUT2D eigenvalue weighted by molar-refractivity contribution is -0.383. The van der Waals surface area contributed by atoms with E-state index in [1.54, 1.807) is 18.2 Å². The van der Waals surface area contributed by atoms with Crippen molar-refractivity contribution < 1.29 is 18.1 Å². The van der Waals surface area contributed by atoms with E-state index in [0.29, 0.717) is 5.69 Å². The standard InChI is InChI=1S/C18H14F3N5O2/c1-11-5-4-6-12(9-11)24-16-15(26(27)28)17(23-10-22-16)25-14-8-3-2-7-13(14)18(19,20)21/h2-10H,1H3,(H2,22,23,24,25). The van der Waals surface area contributed by atoms with Crippen LogP contribution in [-0.4, -0.2) is 14.9 Å². The van der Waals surface area contributed by atoms with Crippen molar-refractivity contribution >= 4 is 28.7 Å². The molecule has 0 saturated carbocycles. The molecule has 1 aromatic heterocycles. The lowest BCUT2D eigenvalue weighted by Crippen LogP contribution is -2.10. The molecule has 0 saturated heterocycles. The third-order valence-corrected chi connectivity index (χ3v) is 3.77. The molecule has 28 heavy (non-hydrogen) atoms. The van der Waals surface area contributed by atoms with Gasteiger partial charge in [-0.1, -0.05) is 24.3 Å². The zero-order valence-corrected chi connectivity index (χ0v) is 14.5. The largest absolute Gasteiger partial charge is 0.418 e. The van der Waals surface area contributed by atoms with Gasteiger partial charge in [0.1, 0.15) is 6.33 Å². The molecule has 2 N–H and O–H groups in total. The van der Waals surface area contributed by atoms with E-state index in [1.165, 1.54) is 18.2 Å². The Balaban J connectivity index is 2.03. The Morgan fingerprint density at radius 3 is 2.32 bits per heavy atom. The minimum Gasteiger partial charge on any atom is -0.334 e. The average Bonchev–Trinajstić information content (AvgIpc) is 2.61. The molecule has 0 amide bonds. The number of para-hydroxylation sites is 1. The first-order valence-corrected chi connectivity index (χ1v) is 8.02. The summed E-state index contributed by atoms with van der Waals surface area (Å²) in [7, 11) is 0. The Hall–Kier alpha value is -3.69. The zero-order valence-electron chi connectivity index (χ0n) is 14.5. The molecule has 144 valence electrons. The summed E-state index contributed by atoms with van der Waals surface area (Å²) in [4.78, 5) is 18.5. The van der Waals surface area contributed by atoms with Gasteiger partial charge in [-0.3, -0.25) is 10.1 Å². The van der Waals surface area contributed by atoms with Crippen molar-refractivity contribution in [1.29, 1.82) is 0 Å². The monoisotopic (exact) mass is 389 g/mol. The first-order chi connectivity index (χ1) is 13.3. The van der Waals surface area contributed by atoms with Gasteiger partial charge in [0.05, 0.1) is 16.2 Å². The Morgan fingerprint density at radius 2 is 1.68 bits per heavy atom. The minimum absolute atomic E-state index is 0.141. The molecule has 10 heteroatoms. The Kier molecular flexibility index (Phi) is 5.12. The molecule has 0 bridgehead atoms. The van der Waals surface area contributed by atoms with Gasteiger partial charge in [-0.05, 0) is 36.8 Å². The average molecular weight is 389 g/mol. The molecule has 0 radical (unpaired) electrons. The van der Waals surface area contributed by atoms with Crippen LogP contribution < -0.4 is 10.6 Å². The first-order valence-electron chi connectivity index (χ1n) is 8.02. The number of hydrogen-bond donors (Lipinski definition) is 2. The van der Waals surface area contributed by atoms with Crippen molar-refractivity contribution in [3.8, 4) is 0 Å². The number of aromatic nitrogens is 2. The maximum Gasteiger partial charge on any atom is 0.418 e. The molecule has 0 fully saturated rings. The van der Waals surface area contributed by atoms with Crippen molar-refractivity contribution in [3.63, 3.8) is 0 Å². The summed E-state index contributed by atoms with van der Waals surface area (Å²) in [5.41, 5.74) is -0.419. The van der Waals surface area contributed by atoms with Gasteiger partial charge in [-0.25, -0.2) is 9.97 Å². The van der Waals surface area contributed by atoms with Crippen molar-refractivity contribution in [2.45, 2.75) is 13.1 Å². The maximum atomic E-state index is 13.2. The summed E-state index contributed by atoms with van der Waals surface area (Å²) >= 11 is 0. The number of aryl methyl sites for hydroxylation is 1. The molecule has 3 rings (SSSR count). The predicted octanol–water partition coefficient (Wildman–Crippen LogP) is 5.20. The van der Waals surface area contributed by atoms with Crippen LogP contribution in [0.15, 0.2) is 54.9 Å². The van der Waals surface area contributed by atoms with Crippen molar-refractivity contribution in [2.24, 2.45) is 0 Å². The highest BCUT2D eigenvalue weighted by Crippen LogP contribution is 2.38. The lowest BCUT2D eigenvalue weighted by Gasteiger charge is -2.14. The number of anilines is 4. The second-order valence-electron chi connectivity index (χ2n) is 5.84. The summed E-state index contributed by atoms with van der Waals surface area (Å²) in [5.74, 6) is -0.496. The third kappa shape index (κ3) is 4.17. The van der Waals surface area contributed by atoms with Crippen molar-refractivity contribution in [3.05, 3.63) is 76.1 Å². The zero-order chi connectivity index (χ0) is 20.3. The molecule has 0 atom stereocenters. The van der Waals surface area contributed by atoms with Gasteiger partial charge in [-0.15, -0.1) is 0 Å². The fraction of sp³-hybridized carbons (Fsp3) is 0.111. The van der Waals surface area contributed by atoms with Crippen LogP contribution in [0.2, 0.25) is 0 Å². The van der Waals surface area contributed by atoms with Gasteiger partial charge in [-0.2, -0.15) is 13.2 Å². The topological polar surface area (TPSA) is 93.0 Å². The Bertz CT molecular complexity index is 1020. The molecule has 0 unspecified atom stereocenters. The van der Waals surface area contributed by atoms with Crippen LogP contribution in [0.1, 0.15) is 11.1 Å². The van der Waals surface area contributed by atoms with Gasteiger partial charge < -0.3 is 10.6 Å². The Labute approximate surface area is 157 Å². The highest BCUT2D eigenvalue weighted by Gasteiger charge is 2.34. The number of nitrogens with one attached hydrogen (secondary N) is 2. The quantitative estimate of drug-likeness (QED) is 0.460. The number of halogens is 3. The van der Waals surface area contributed by atoms with E-state index < -0.39 is 22.4 Å². The SMILES string of the molecule is Cc1cccc(Nc2ncnc(Nc3ccccc3C(F)(F)F)c2[N+](=O)[O-])c1. The summed E-state index contributed by atoms with van der Waals surface area (Å²) in [6.45, 7) is 1.85. The summed E-state index contributed by atoms with van der Waals surface area (Å²) < 4.78 is 39.6. The fourth-order valence-electron chi connectivity index (χ4n) is 2.56. The van der Waals surface area contributed by atoms with E-state index in [2.05, 4.69) is 20.6 Å². The molecule has 3 aromatic rings. The van der Waals surface area contributed by atoms with Crippen molar-refractivity contribution in [1.82, 2.24) is 9.97 Å². The lowest BCUT2D eigenvalue weighted by atomic mass is 10.1. The van der Waals surface area contributed by atoms with Gasteiger partial charge >= 0.3 is 11.9 Å². The molecule has 0 aliphatic carbocycles. The van der Waals surface area contributed by atoms with Gasteiger partial charge in [0, 0.05) is 5.69 Å². The summed E-state index contributed by atoms with van der Waals surface area (Å²) in [6, 6.07) is 11.7. The van der Waals surface area contributed by atoms with Crippen LogP contribution >= 0.6 is 0 Å². The third-order valence-electron chi connectivity index (χ3n) is 3.77. The first kappa shape index (κ1) is 19.1. The van der Waals surface area contributed by atoms with Crippen LogP contribution in [0.4, 0.5) is 41.9 Å². The van der Waals surface area contributed by atoms with Gasteiger partial charge in [0.25, 0.3) is 0 Å². The fourth-order valence-corrected chi connectivity index (χ4v) is 2.56. The van der Waals surface area contributed by atoms with E-state index >= 15 is 0 Å². The summed E-state index contributed by atoms with van der Waals surface area (Å²) in [5, 5.41) is 16.8. The van der Waals surface area contributed by atoms with E-state index in [-0.39, 0.29) is 17.3 Å². The van der Waals surface area contributed by atoms with Crippen LogP contribution in [0, 0.1) is 17.0 Å². The van der Waals surface area contributed by atoms with E-state index in [9.17, 15) is 23.3 Å². The number of nitrogens with zero attached hydrogens (tertiary/aromatic N) is 3. The number of alkyl halides is 3. The predicted molar refractivity (Wildman–Crippen MR) is 97.9 cm³/mol. The molecule has 0 aliphatic rings. The molecule has 0 spiro atoms. The normalized spacial score (nSPS) is 11.1. The van der Waals surface area contributed by atoms with Crippen LogP contribution in [0.3, 0.4) is 0 Å². The number of rotatable bonds is 5. The molecular formula is C18H14F3N5O2. The number of benzene rings is 2. The van der Waals surface area contributed by atoms with Crippen LogP contribution in [0.5, 0.6) is 0 Å². The van der Waals surface area contributed by atoms with Crippen molar-refractivity contribution in [2.75, 3.05) is 10.6 Å². The molecule has 1 heterocycles. The minimum atomic E-state index is -4.63. The summed E-state index contributed by atoms with van der Waals surface area (Å²) in [6.07, 6.45) is -3.60. The second-order valence-corrected chi connectivity index (χ2v) is 5.84. The van der Waals surface area contributed by atoms with Gasteiger partial charge in [0.15, 0.2) is 0 Å². The smallest absolute Gasteiger partial charge is 0.334 e. The van der Waals surface area contributed by atoms with E-state index in [4.69, 9.17) is 0 Å². The van der Waals surface area contributed by atoms with Crippen LogP contribution in [0.25, 0.3) is 0 Å². The Morgan fingerprint density at radius 1 is 1.00 bits per heavy atom. The number of hydrogen-bond acceptors (Lipinski definition) is 6. The second kappa shape index (κ2) is 7.51. The molecular weight excluding hydrogens is 375 g/mol. The van der Waals surface area contributed by atoms with Crippen LogP contribution in [-0.2, 0) is 6.18 Å². The highest BCUT2D eigenvalue weighted by molar-refractivity contribution is 5.77. The highest BCUT2D eigenvalue weighted by atomic mass is 19.4. The molecule has 0 aliphatic heterocycles. The van der Waals surface area contributed by atoms with Gasteiger partial charge in [0.2, 0.25) is 11.6 Å². The molecule has 2 aromatic carbocycles.